The first-order valence-corrected chi connectivity index (χ1v) is 8.93. The fraction of sp³-hybridized carbons (Fsp3) is 0.316. The van der Waals surface area contributed by atoms with E-state index in [4.69, 9.17) is 11.6 Å². The fourth-order valence-corrected chi connectivity index (χ4v) is 3.47. The Morgan fingerprint density at radius 3 is 2.50 bits per heavy atom. The van der Waals surface area contributed by atoms with Gasteiger partial charge in [0.2, 0.25) is 5.91 Å². The minimum absolute atomic E-state index is 0.0195. The van der Waals surface area contributed by atoms with E-state index >= 15 is 0 Å². The number of amides is 1. The number of piperidine rings is 1. The van der Waals surface area contributed by atoms with Crippen LogP contribution < -0.4 is 10.2 Å². The summed E-state index contributed by atoms with van der Waals surface area (Å²) < 4.78 is 0. The summed E-state index contributed by atoms with van der Waals surface area (Å²) in [4.78, 5) is 24.8. The van der Waals surface area contributed by atoms with Crippen molar-refractivity contribution in [3.05, 3.63) is 69.2 Å². The van der Waals surface area contributed by atoms with E-state index in [0.29, 0.717) is 24.7 Å². The van der Waals surface area contributed by atoms with E-state index in [1.54, 1.807) is 6.07 Å². The van der Waals surface area contributed by atoms with Gasteiger partial charge in [0.1, 0.15) is 0 Å². The second-order valence-corrected chi connectivity index (χ2v) is 6.76. The van der Waals surface area contributed by atoms with Crippen molar-refractivity contribution < 1.29 is 9.72 Å². The van der Waals surface area contributed by atoms with Crippen LogP contribution in [0.1, 0.15) is 18.4 Å². The molecule has 1 heterocycles. The third kappa shape index (κ3) is 4.32. The highest BCUT2D eigenvalue weighted by atomic mass is 35.5. The normalized spacial score (nSPS) is 14.9. The summed E-state index contributed by atoms with van der Waals surface area (Å²) in [5.74, 6) is 0.0510. The zero-order chi connectivity index (χ0) is 18.5. The molecule has 1 aliphatic heterocycles. The van der Waals surface area contributed by atoms with Gasteiger partial charge in [-0.1, -0.05) is 41.9 Å². The summed E-state index contributed by atoms with van der Waals surface area (Å²) in [5.41, 5.74) is 1.84. The number of hydrogen-bond donors (Lipinski definition) is 1. The molecule has 0 radical (unpaired) electrons. The van der Waals surface area contributed by atoms with Crippen molar-refractivity contribution in [2.75, 3.05) is 18.0 Å². The predicted molar refractivity (Wildman–Crippen MR) is 101 cm³/mol. The van der Waals surface area contributed by atoms with Crippen molar-refractivity contribution in [2.24, 2.45) is 5.92 Å². The average molecular weight is 374 g/mol. The van der Waals surface area contributed by atoms with Crippen molar-refractivity contribution >= 4 is 28.9 Å². The second kappa shape index (κ2) is 8.19. The van der Waals surface area contributed by atoms with E-state index in [9.17, 15) is 14.9 Å². The highest BCUT2D eigenvalue weighted by molar-refractivity contribution is 6.33. The van der Waals surface area contributed by atoms with Crippen LogP contribution >= 0.6 is 11.6 Å². The first-order chi connectivity index (χ1) is 12.5. The van der Waals surface area contributed by atoms with Crippen LogP contribution in [0.15, 0.2) is 48.5 Å². The molecular formula is C19H20ClN3O3. The summed E-state index contributed by atoms with van der Waals surface area (Å²) in [6.45, 7) is 1.93. The minimum Gasteiger partial charge on any atom is -0.370 e. The molecule has 1 amide bonds. The smallest absolute Gasteiger partial charge is 0.271 e. The van der Waals surface area contributed by atoms with Crippen LogP contribution in [0.2, 0.25) is 5.02 Å². The molecule has 136 valence electrons. The van der Waals surface area contributed by atoms with E-state index in [0.717, 1.165) is 24.1 Å². The number of non-ortho nitro benzene ring substituents is 1. The second-order valence-electron chi connectivity index (χ2n) is 6.36. The quantitative estimate of drug-likeness (QED) is 0.639. The zero-order valence-corrected chi connectivity index (χ0v) is 15.0. The maximum Gasteiger partial charge on any atom is 0.271 e. The van der Waals surface area contributed by atoms with Gasteiger partial charge in [-0.25, -0.2) is 0 Å². The number of carbonyl (C=O) groups excluding carboxylic acids is 1. The molecule has 1 fully saturated rings. The lowest BCUT2D eigenvalue weighted by atomic mass is 9.95. The molecule has 0 spiro atoms. The lowest BCUT2D eigenvalue weighted by Gasteiger charge is -2.33. The van der Waals surface area contributed by atoms with Crippen molar-refractivity contribution in [1.29, 1.82) is 0 Å². The SMILES string of the molecule is O=C(NCc1ccccc1)C1CCN(c2ccc([N+](=O)[O-])cc2Cl)CC1. The van der Waals surface area contributed by atoms with Gasteiger partial charge in [-0.2, -0.15) is 0 Å². The Kier molecular flexibility index (Phi) is 5.73. The maximum absolute atomic E-state index is 12.4. The van der Waals surface area contributed by atoms with Gasteiger partial charge >= 0.3 is 0 Å². The third-order valence-corrected chi connectivity index (χ3v) is 4.96. The van der Waals surface area contributed by atoms with Crippen molar-refractivity contribution in [1.82, 2.24) is 5.32 Å². The molecule has 2 aromatic rings. The molecule has 26 heavy (non-hydrogen) atoms. The van der Waals surface area contributed by atoms with Gasteiger partial charge in [-0.3, -0.25) is 14.9 Å². The fourth-order valence-electron chi connectivity index (χ4n) is 3.18. The lowest BCUT2D eigenvalue weighted by Crippen LogP contribution is -2.40. The molecule has 0 saturated carbocycles. The third-order valence-electron chi connectivity index (χ3n) is 4.66. The molecule has 0 aromatic heterocycles. The maximum atomic E-state index is 12.4. The van der Waals surface area contributed by atoms with Crippen molar-refractivity contribution in [3.8, 4) is 0 Å². The zero-order valence-electron chi connectivity index (χ0n) is 14.2. The lowest BCUT2D eigenvalue weighted by molar-refractivity contribution is -0.384. The number of nitro groups is 1. The molecule has 1 N–H and O–H groups in total. The number of anilines is 1. The number of nitro benzene ring substituents is 1. The number of hydrogen-bond acceptors (Lipinski definition) is 4. The Bertz CT molecular complexity index is 790. The van der Waals surface area contributed by atoms with Gasteiger partial charge in [0.25, 0.3) is 5.69 Å². The molecule has 1 aliphatic rings. The number of halogens is 1. The number of carbonyl (C=O) groups is 1. The highest BCUT2D eigenvalue weighted by Gasteiger charge is 2.26. The Morgan fingerprint density at radius 2 is 1.88 bits per heavy atom. The van der Waals surface area contributed by atoms with Gasteiger partial charge in [0, 0.05) is 37.7 Å². The summed E-state index contributed by atoms with van der Waals surface area (Å²) in [5, 5.41) is 14.2. The number of benzene rings is 2. The highest BCUT2D eigenvalue weighted by Crippen LogP contribution is 2.32. The van der Waals surface area contributed by atoms with Gasteiger partial charge in [-0.15, -0.1) is 0 Å². The number of nitrogens with one attached hydrogen (secondary N) is 1. The molecule has 2 aromatic carbocycles. The topological polar surface area (TPSA) is 75.5 Å². The molecule has 1 saturated heterocycles. The first-order valence-electron chi connectivity index (χ1n) is 8.55. The van der Waals surface area contributed by atoms with E-state index in [2.05, 4.69) is 10.2 Å². The van der Waals surface area contributed by atoms with Gasteiger partial charge in [0.15, 0.2) is 0 Å². The molecule has 7 heteroatoms. The van der Waals surface area contributed by atoms with Gasteiger partial charge in [0.05, 0.1) is 15.6 Å². The van der Waals surface area contributed by atoms with Crippen LogP contribution in [0, 0.1) is 16.0 Å². The molecule has 0 bridgehead atoms. The van der Waals surface area contributed by atoms with Gasteiger partial charge < -0.3 is 10.2 Å². The summed E-state index contributed by atoms with van der Waals surface area (Å²) >= 11 is 6.20. The molecule has 3 rings (SSSR count). The van der Waals surface area contributed by atoms with Crippen molar-refractivity contribution in [3.63, 3.8) is 0 Å². The standard InChI is InChI=1S/C19H20ClN3O3/c20-17-12-16(23(25)26)6-7-18(17)22-10-8-15(9-11-22)19(24)21-13-14-4-2-1-3-5-14/h1-7,12,15H,8-11,13H2,(H,21,24). The van der Waals surface area contributed by atoms with Crippen LogP contribution in [0.3, 0.4) is 0 Å². The largest absolute Gasteiger partial charge is 0.370 e. The summed E-state index contributed by atoms with van der Waals surface area (Å²) in [6.07, 6.45) is 1.46. The summed E-state index contributed by atoms with van der Waals surface area (Å²) in [6, 6.07) is 14.3. The van der Waals surface area contributed by atoms with Gasteiger partial charge in [-0.05, 0) is 24.5 Å². The molecule has 0 atom stereocenters. The molecular weight excluding hydrogens is 354 g/mol. The van der Waals surface area contributed by atoms with Crippen LogP contribution in [0.25, 0.3) is 0 Å². The predicted octanol–water partition coefficient (Wildman–Crippen LogP) is 3.78. The van der Waals surface area contributed by atoms with Crippen LogP contribution in [0.5, 0.6) is 0 Å². The first kappa shape index (κ1) is 18.2. The van der Waals surface area contributed by atoms with Crippen LogP contribution in [-0.2, 0) is 11.3 Å². The van der Waals surface area contributed by atoms with Crippen LogP contribution in [0.4, 0.5) is 11.4 Å². The Labute approximate surface area is 156 Å². The van der Waals surface area contributed by atoms with Crippen molar-refractivity contribution in [2.45, 2.75) is 19.4 Å². The number of rotatable bonds is 5. The Hall–Kier alpha value is -2.60. The Morgan fingerprint density at radius 1 is 1.19 bits per heavy atom. The summed E-state index contributed by atoms with van der Waals surface area (Å²) in [7, 11) is 0. The van der Waals surface area contributed by atoms with E-state index in [1.165, 1.54) is 12.1 Å². The molecule has 0 unspecified atom stereocenters. The molecule has 0 aliphatic carbocycles. The van der Waals surface area contributed by atoms with E-state index < -0.39 is 4.92 Å². The van der Waals surface area contributed by atoms with E-state index in [-0.39, 0.29) is 17.5 Å². The number of nitrogens with zero attached hydrogens (tertiary/aromatic N) is 2. The monoisotopic (exact) mass is 373 g/mol. The minimum atomic E-state index is -0.459. The molecule has 6 nitrogen and oxygen atoms in total. The van der Waals surface area contributed by atoms with Crippen LogP contribution in [-0.4, -0.2) is 23.9 Å². The Balaban J connectivity index is 1.54. The van der Waals surface area contributed by atoms with E-state index in [1.807, 2.05) is 30.3 Å². The average Bonchev–Trinajstić information content (AvgIpc) is 2.67.